The smallest absolute Gasteiger partial charge is 0.112 e. The first-order valence-electron chi connectivity index (χ1n) is 5.01. The predicted molar refractivity (Wildman–Crippen MR) is 59.7 cm³/mol. The standard InChI is InChI=1S/C13H18O/c1-10-6-5-9-13(3,4)12(10)8-7-11(2)14/h5-6,11,14H,9H2,1-4H3/t11-/m1/s1. The average Bonchev–Trinajstić information content (AvgIpc) is 2.01. The second-order valence-corrected chi connectivity index (χ2v) is 4.49. The molecule has 0 saturated carbocycles. The van der Waals surface area contributed by atoms with Gasteiger partial charge in [-0.15, -0.1) is 0 Å². The summed E-state index contributed by atoms with van der Waals surface area (Å²) in [6.07, 6.45) is 4.77. The Morgan fingerprint density at radius 1 is 1.50 bits per heavy atom. The van der Waals surface area contributed by atoms with Crippen LogP contribution in [0.2, 0.25) is 0 Å². The molecule has 1 rings (SSSR count). The second kappa shape index (κ2) is 4.02. The van der Waals surface area contributed by atoms with Crippen molar-refractivity contribution in [3.8, 4) is 11.8 Å². The summed E-state index contributed by atoms with van der Waals surface area (Å²) >= 11 is 0. The molecule has 0 unspecified atom stereocenters. The van der Waals surface area contributed by atoms with Gasteiger partial charge < -0.3 is 5.11 Å². The Labute approximate surface area is 86.5 Å². The summed E-state index contributed by atoms with van der Waals surface area (Å²) < 4.78 is 0. The van der Waals surface area contributed by atoms with Gasteiger partial charge in [0.1, 0.15) is 6.10 Å². The minimum atomic E-state index is -0.544. The topological polar surface area (TPSA) is 20.2 Å². The van der Waals surface area contributed by atoms with Crippen molar-refractivity contribution >= 4 is 0 Å². The molecular formula is C13H18O. The van der Waals surface area contributed by atoms with Gasteiger partial charge in [-0.2, -0.15) is 0 Å². The van der Waals surface area contributed by atoms with Gasteiger partial charge in [0.15, 0.2) is 0 Å². The fraction of sp³-hybridized carbons (Fsp3) is 0.538. The van der Waals surface area contributed by atoms with Gasteiger partial charge in [-0.1, -0.05) is 37.8 Å². The number of allylic oxidation sites excluding steroid dienone is 4. The second-order valence-electron chi connectivity index (χ2n) is 4.49. The molecule has 0 aromatic carbocycles. The van der Waals surface area contributed by atoms with Gasteiger partial charge in [-0.3, -0.25) is 0 Å². The third kappa shape index (κ3) is 2.49. The summed E-state index contributed by atoms with van der Waals surface area (Å²) in [7, 11) is 0. The van der Waals surface area contributed by atoms with Crippen LogP contribution in [0.3, 0.4) is 0 Å². The van der Waals surface area contributed by atoms with E-state index in [4.69, 9.17) is 5.11 Å². The van der Waals surface area contributed by atoms with Gasteiger partial charge in [0.2, 0.25) is 0 Å². The molecule has 1 heteroatoms. The molecule has 0 aliphatic heterocycles. The van der Waals surface area contributed by atoms with Crippen LogP contribution >= 0.6 is 0 Å². The van der Waals surface area contributed by atoms with E-state index >= 15 is 0 Å². The molecule has 0 heterocycles. The van der Waals surface area contributed by atoms with Crippen molar-refractivity contribution < 1.29 is 5.11 Å². The van der Waals surface area contributed by atoms with Gasteiger partial charge in [0, 0.05) is 11.0 Å². The maximum atomic E-state index is 9.13. The molecule has 0 radical (unpaired) electrons. The zero-order chi connectivity index (χ0) is 10.8. The first-order valence-corrected chi connectivity index (χ1v) is 5.01. The van der Waals surface area contributed by atoms with E-state index in [0.29, 0.717) is 0 Å². The lowest BCUT2D eigenvalue weighted by Gasteiger charge is -2.27. The molecule has 1 aliphatic rings. The summed E-state index contributed by atoms with van der Waals surface area (Å²) in [6, 6.07) is 0. The molecule has 0 aromatic heterocycles. The van der Waals surface area contributed by atoms with Crippen molar-refractivity contribution in [1.29, 1.82) is 0 Å². The van der Waals surface area contributed by atoms with Crippen LogP contribution in [0.1, 0.15) is 34.1 Å². The maximum absolute atomic E-state index is 9.13. The monoisotopic (exact) mass is 190 g/mol. The van der Waals surface area contributed by atoms with Crippen molar-refractivity contribution in [2.75, 3.05) is 0 Å². The lowest BCUT2D eigenvalue weighted by Crippen LogP contribution is -2.17. The fourth-order valence-corrected chi connectivity index (χ4v) is 1.69. The molecule has 0 spiro atoms. The summed E-state index contributed by atoms with van der Waals surface area (Å²) in [5.41, 5.74) is 2.48. The minimum Gasteiger partial charge on any atom is -0.381 e. The van der Waals surface area contributed by atoms with Gasteiger partial charge in [0.05, 0.1) is 0 Å². The molecule has 0 bridgehead atoms. The quantitative estimate of drug-likeness (QED) is 0.582. The van der Waals surface area contributed by atoms with Gasteiger partial charge in [-0.05, 0) is 25.8 Å². The molecule has 1 atom stereocenters. The molecule has 0 saturated heterocycles. The van der Waals surface area contributed by atoms with Gasteiger partial charge in [-0.25, -0.2) is 0 Å². The van der Waals surface area contributed by atoms with Crippen LogP contribution in [0.25, 0.3) is 0 Å². The third-order valence-electron chi connectivity index (χ3n) is 2.47. The Hall–Kier alpha value is -1.00. The minimum absolute atomic E-state index is 0.112. The molecule has 14 heavy (non-hydrogen) atoms. The van der Waals surface area contributed by atoms with E-state index < -0.39 is 6.10 Å². The molecular weight excluding hydrogens is 172 g/mol. The number of aliphatic hydroxyl groups excluding tert-OH is 1. The molecule has 1 nitrogen and oxygen atoms in total. The van der Waals surface area contributed by atoms with Crippen molar-refractivity contribution in [3.05, 3.63) is 23.3 Å². The van der Waals surface area contributed by atoms with Crippen molar-refractivity contribution in [1.82, 2.24) is 0 Å². The van der Waals surface area contributed by atoms with Crippen LogP contribution < -0.4 is 0 Å². The van der Waals surface area contributed by atoms with Crippen molar-refractivity contribution in [2.45, 2.75) is 40.2 Å². The van der Waals surface area contributed by atoms with Crippen LogP contribution in [-0.4, -0.2) is 11.2 Å². The Bertz CT molecular complexity index is 332. The number of hydrogen-bond acceptors (Lipinski definition) is 1. The highest BCUT2D eigenvalue weighted by Crippen LogP contribution is 2.36. The van der Waals surface area contributed by atoms with E-state index in [1.807, 2.05) is 0 Å². The maximum Gasteiger partial charge on any atom is 0.112 e. The van der Waals surface area contributed by atoms with Gasteiger partial charge in [0.25, 0.3) is 0 Å². The number of hydrogen-bond donors (Lipinski definition) is 1. The highest BCUT2D eigenvalue weighted by molar-refractivity contribution is 5.45. The van der Waals surface area contributed by atoms with E-state index in [2.05, 4.69) is 44.8 Å². The molecule has 76 valence electrons. The summed E-state index contributed by atoms with van der Waals surface area (Å²) in [4.78, 5) is 0. The fourth-order valence-electron chi connectivity index (χ4n) is 1.69. The average molecular weight is 190 g/mol. The Balaban J connectivity index is 3.04. The van der Waals surface area contributed by atoms with Crippen LogP contribution in [0.4, 0.5) is 0 Å². The van der Waals surface area contributed by atoms with Crippen LogP contribution in [0.5, 0.6) is 0 Å². The Kier molecular flexibility index (Phi) is 3.18. The largest absolute Gasteiger partial charge is 0.381 e. The molecule has 1 N–H and O–H groups in total. The molecule has 0 fully saturated rings. The molecule has 0 amide bonds. The lowest BCUT2D eigenvalue weighted by atomic mass is 9.76. The first-order chi connectivity index (χ1) is 6.43. The van der Waals surface area contributed by atoms with Crippen molar-refractivity contribution in [2.24, 2.45) is 5.41 Å². The van der Waals surface area contributed by atoms with Gasteiger partial charge >= 0.3 is 0 Å². The molecule has 0 aromatic rings. The SMILES string of the molecule is CC1=C(C#C[C@@H](C)O)C(C)(C)CC=C1. The number of rotatable bonds is 0. The van der Waals surface area contributed by atoms with E-state index in [1.165, 1.54) is 5.57 Å². The van der Waals surface area contributed by atoms with E-state index in [0.717, 1.165) is 12.0 Å². The highest BCUT2D eigenvalue weighted by Gasteiger charge is 2.24. The van der Waals surface area contributed by atoms with E-state index in [9.17, 15) is 0 Å². The summed E-state index contributed by atoms with van der Waals surface area (Å²) in [6.45, 7) is 8.14. The Morgan fingerprint density at radius 3 is 2.64 bits per heavy atom. The predicted octanol–water partition coefficient (Wildman–Crippen LogP) is 2.67. The van der Waals surface area contributed by atoms with Crippen molar-refractivity contribution in [3.63, 3.8) is 0 Å². The third-order valence-corrected chi connectivity index (χ3v) is 2.47. The van der Waals surface area contributed by atoms with E-state index in [1.54, 1.807) is 6.92 Å². The zero-order valence-corrected chi connectivity index (χ0v) is 9.39. The summed E-state index contributed by atoms with van der Waals surface area (Å²) in [5, 5.41) is 9.13. The number of aliphatic hydroxyl groups is 1. The summed E-state index contributed by atoms with van der Waals surface area (Å²) in [5.74, 6) is 5.90. The normalized spacial score (nSPS) is 21.5. The lowest BCUT2D eigenvalue weighted by molar-refractivity contribution is 0.253. The van der Waals surface area contributed by atoms with Crippen LogP contribution in [0, 0.1) is 17.3 Å². The Morgan fingerprint density at radius 2 is 2.14 bits per heavy atom. The zero-order valence-electron chi connectivity index (χ0n) is 9.39. The first kappa shape index (κ1) is 11.1. The molecule has 1 aliphatic carbocycles. The van der Waals surface area contributed by atoms with E-state index in [-0.39, 0.29) is 5.41 Å². The van der Waals surface area contributed by atoms with Crippen LogP contribution in [0.15, 0.2) is 23.3 Å². The van der Waals surface area contributed by atoms with Crippen LogP contribution in [-0.2, 0) is 0 Å². The highest BCUT2D eigenvalue weighted by atomic mass is 16.3.